The number of pyridine rings is 1. The standard InChI is InChI=1S/C18H17F3N4O3/c1-11-16(26)25(14-2-4-15(5-3-14)28-18(19,20)21)17(27)24(11)10-12-6-7-23-13(8-12)9-22/h2-8,11H,9-10,22H2,1H3. The van der Waals surface area contributed by atoms with Crippen molar-refractivity contribution >= 4 is 17.6 Å². The molecule has 28 heavy (non-hydrogen) atoms. The van der Waals surface area contributed by atoms with Crippen molar-refractivity contribution in [3.63, 3.8) is 0 Å². The minimum Gasteiger partial charge on any atom is -0.406 e. The SMILES string of the molecule is CC1C(=O)N(c2ccc(OC(F)(F)F)cc2)C(=O)N1Cc1ccnc(CN)c1. The minimum atomic E-state index is -4.82. The number of halogens is 3. The van der Waals surface area contributed by atoms with Crippen LogP contribution in [0.2, 0.25) is 0 Å². The molecule has 10 heteroatoms. The van der Waals surface area contributed by atoms with Crippen LogP contribution >= 0.6 is 0 Å². The highest BCUT2D eigenvalue weighted by molar-refractivity contribution is 6.21. The molecule has 1 saturated heterocycles. The Kier molecular flexibility index (Phi) is 5.23. The van der Waals surface area contributed by atoms with E-state index in [0.29, 0.717) is 5.69 Å². The van der Waals surface area contributed by atoms with Gasteiger partial charge in [0.1, 0.15) is 11.8 Å². The van der Waals surface area contributed by atoms with E-state index >= 15 is 0 Å². The quantitative estimate of drug-likeness (QED) is 0.788. The monoisotopic (exact) mass is 394 g/mol. The largest absolute Gasteiger partial charge is 0.573 e. The molecule has 0 radical (unpaired) electrons. The number of hydrogen-bond donors (Lipinski definition) is 1. The molecule has 2 aromatic rings. The normalized spacial score (nSPS) is 17.4. The van der Waals surface area contributed by atoms with Gasteiger partial charge in [-0.05, 0) is 48.9 Å². The van der Waals surface area contributed by atoms with Crippen LogP contribution in [-0.2, 0) is 17.9 Å². The van der Waals surface area contributed by atoms with Crippen molar-refractivity contribution in [2.75, 3.05) is 4.90 Å². The van der Waals surface area contributed by atoms with Crippen LogP contribution in [-0.4, -0.2) is 34.2 Å². The molecule has 0 saturated carbocycles. The van der Waals surface area contributed by atoms with E-state index in [1.165, 1.54) is 17.0 Å². The summed E-state index contributed by atoms with van der Waals surface area (Å²) >= 11 is 0. The van der Waals surface area contributed by atoms with Crippen molar-refractivity contribution in [3.8, 4) is 5.75 Å². The molecule has 1 aliphatic heterocycles. The number of urea groups is 1. The summed E-state index contributed by atoms with van der Waals surface area (Å²) in [5.41, 5.74) is 7.15. The van der Waals surface area contributed by atoms with Crippen molar-refractivity contribution in [1.29, 1.82) is 0 Å². The van der Waals surface area contributed by atoms with Crippen LogP contribution in [0, 0.1) is 0 Å². The Labute approximate surface area is 158 Å². The Bertz CT molecular complexity index is 886. The van der Waals surface area contributed by atoms with Gasteiger partial charge in [-0.2, -0.15) is 0 Å². The van der Waals surface area contributed by atoms with Gasteiger partial charge in [-0.1, -0.05) is 0 Å². The highest BCUT2D eigenvalue weighted by Gasteiger charge is 2.43. The van der Waals surface area contributed by atoms with Crippen LogP contribution in [0.5, 0.6) is 5.75 Å². The molecule has 2 heterocycles. The maximum absolute atomic E-state index is 12.8. The van der Waals surface area contributed by atoms with E-state index in [1.807, 2.05) is 0 Å². The molecule has 3 rings (SSSR count). The molecule has 2 N–H and O–H groups in total. The molecule has 7 nitrogen and oxygen atoms in total. The van der Waals surface area contributed by atoms with Crippen LogP contribution in [0.3, 0.4) is 0 Å². The smallest absolute Gasteiger partial charge is 0.406 e. The first-order chi connectivity index (χ1) is 13.2. The van der Waals surface area contributed by atoms with Crippen LogP contribution in [0.25, 0.3) is 0 Å². The van der Waals surface area contributed by atoms with Crippen molar-refractivity contribution < 1.29 is 27.5 Å². The van der Waals surface area contributed by atoms with Gasteiger partial charge >= 0.3 is 12.4 Å². The lowest BCUT2D eigenvalue weighted by molar-refractivity contribution is -0.274. The third kappa shape index (κ3) is 4.06. The number of alkyl halides is 3. The van der Waals surface area contributed by atoms with E-state index in [0.717, 1.165) is 22.6 Å². The van der Waals surface area contributed by atoms with Crippen molar-refractivity contribution in [2.24, 2.45) is 5.73 Å². The summed E-state index contributed by atoms with van der Waals surface area (Å²) in [6, 6.07) is 6.73. The summed E-state index contributed by atoms with van der Waals surface area (Å²) in [7, 11) is 0. The maximum Gasteiger partial charge on any atom is 0.573 e. The highest BCUT2D eigenvalue weighted by Crippen LogP contribution is 2.29. The molecule has 0 spiro atoms. The minimum absolute atomic E-state index is 0.163. The van der Waals surface area contributed by atoms with E-state index in [9.17, 15) is 22.8 Å². The number of aromatic nitrogens is 1. The summed E-state index contributed by atoms with van der Waals surface area (Å²) < 4.78 is 40.6. The Morgan fingerprint density at radius 3 is 2.46 bits per heavy atom. The van der Waals surface area contributed by atoms with E-state index in [1.54, 1.807) is 25.3 Å². The zero-order valence-corrected chi connectivity index (χ0v) is 14.8. The number of hydrogen-bond acceptors (Lipinski definition) is 5. The number of carbonyl (C=O) groups is 2. The molecule has 1 aromatic carbocycles. The van der Waals surface area contributed by atoms with Crippen LogP contribution < -0.4 is 15.4 Å². The molecular formula is C18H17F3N4O3. The van der Waals surface area contributed by atoms with Crippen molar-refractivity contribution in [2.45, 2.75) is 32.4 Å². The van der Waals surface area contributed by atoms with E-state index in [-0.39, 0.29) is 18.8 Å². The molecule has 1 atom stereocenters. The predicted molar refractivity (Wildman–Crippen MR) is 93.1 cm³/mol. The van der Waals surface area contributed by atoms with Crippen LogP contribution in [0.1, 0.15) is 18.2 Å². The maximum atomic E-state index is 12.8. The second-order valence-electron chi connectivity index (χ2n) is 6.16. The Morgan fingerprint density at radius 1 is 1.18 bits per heavy atom. The topological polar surface area (TPSA) is 88.8 Å². The van der Waals surface area contributed by atoms with Gasteiger partial charge in [0.2, 0.25) is 0 Å². The van der Waals surface area contributed by atoms with Gasteiger partial charge in [-0.25, -0.2) is 9.69 Å². The van der Waals surface area contributed by atoms with Gasteiger partial charge in [0, 0.05) is 19.3 Å². The number of nitrogens with two attached hydrogens (primary N) is 1. The summed E-state index contributed by atoms with van der Waals surface area (Å²) in [6.07, 6.45) is -3.25. The van der Waals surface area contributed by atoms with Crippen LogP contribution in [0.4, 0.5) is 23.7 Å². The molecular weight excluding hydrogens is 377 g/mol. The first-order valence-corrected chi connectivity index (χ1v) is 8.34. The first-order valence-electron chi connectivity index (χ1n) is 8.34. The fraction of sp³-hybridized carbons (Fsp3) is 0.278. The number of carbonyl (C=O) groups excluding carboxylic acids is 2. The molecule has 1 aliphatic rings. The molecule has 1 unspecified atom stereocenters. The molecule has 3 amide bonds. The van der Waals surface area contributed by atoms with E-state index in [2.05, 4.69) is 9.72 Å². The summed E-state index contributed by atoms with van der Waals surface area (Å²) in [5, 5.41) is 0. The Balaban J connectivity index is 1.80. The number of amides is 3. The number of anilines is 1. The lowest BCUT2D eigenvalue weighted by atomic mass is 10.2. The lowest BCUT2D eigenvalue weighted by Crippen LogP contribution is -2.33. The third-order valence-corrected chi connectivity index (χ3v) is 4.25. The van der Waals surface area contributed by atoms with E-state index < -0.39 is 30.1 Å². The molecule has 0 aliphatic carbocycles. The average Bonchev–Trinajstić information content (AvgIpc) is 2.85. The second-order valence-corrected chi connectivity index (χ2v) is 6.16. The summed E-state index contributed by atoms with van der Waals surface area (Å²) in [5.74, 6) is -0.908. The van der Waals surface area contributed by atoms with Gasteiger partial charge in [0.25, 0.3) is 5.91 Å². The summed E-state index contributed by atoms with van der Waals surface area (Å²) in [4.78, 5) is 31.7. The Morgan fingerprint density at radius 2 is 1.86 bits per heavy atom. The number of imide groups is 1. The van der Waals surface area contributed by atoms with Crippen LogP contribution in [0.15, 0.2) is 42.6 Å². The number of ether oxygens (including phenoxy) is 1. The van der Waals surface area contributed by atoms with Gasteiger partial charge in [0.05, 0.1) is 11.4 Å². The molecule has 0 bridgehead atoms. The molecule has 1 fully saturated rings. The first kappa shape index (κ1) is 19.6. The zero-order valence-electron chi connectivity index (χ0n) is 14.8. The van der Waals surface area contributed by atoms with Gasteiger partial charge in [-0.15, -0.1) is 13.2 Å². The van der Waals surface area contributed by atoms with E-state index in [4.69, 9.17) is 5.73 Å². The average molecular weight is 394 g/mol. The summed E-state index contributed by atoms with van der Waals surface area (Å²) in [6.45, 7) is 2.01. The number of rotatable bonds is 5. The lowest BCUT2D eigenvalue weighted by Gasteiger charge is -2.19. The van der Waals surface area contributed by atoms with Crippen molar-refractivity contribution in [1.82, 2.24) is 9.88 Å². The highest BCUT2D eigenvalue weighted by atomic mass is 19.4. The van der Waals surface area contributed by atoms with Gasteiger partial charge in [-0.3, -0.25) is 9.78 Å². The fourth-order valence-corrected chi connectivity index (χ4v) is 2.88. The second kappa shape index (κ2) is 7.47. The predicted octanol–water partition coefficient (Wildman–Crippen LogP) is 2.80. The van der Waals surface area contributed by atoms with Gasteiger partial charge in [0.15, 0.2) is 0 Å². The fourth-order valence-electron chi connectivity index (χ4n) is 2.88. The molecule has 148 valence electrons. The van der Waals surface area contributed by atoms with Crippen molar-refractivity contribution in [3.05, 3.63) is 53.9 Å². The Hall–Kier alpha value is -3.14. The molecule has 1 aromatic heterocycles. The third-order valence-electron chi connectivity index (χ3n) is 4.25. The number of nitrogens with zero attached hydrogens (tertiary/aromatic N) is 3. The zero-order chi connectivity index (χ0) is 20.5. The number of benzene rings is 1. The van der Waals surface area contributed by atoms with Gasteiger partial charge < -0.3 is 15.4 Å².